The van der Waals surface area contributed by atoms with Crippen LogP contribution in [0.5, 0.6) is 5.75 Å². The zero-order chi connectivity index (χ0) is 30.0. The van der Waals surface area contributed by atoms with Gasteiger partial charge >= 0.3 is 0 Å². The summed E-state index contributed by atoms with van der Waals surface area (Å²) in [6, 6.07) is 14.5. The second-order valence-corrected chi connectivity index (χ2v) is 12.0. The van der Waals surface area contributed by atoms with Crippen molar-refractivity contribution < 1.29 is 34.0 Å². The Kier molecular flexibility index (Phi) is 9.67. The van der Waals surface area contributed by atoms with Gasteiger partial charge in [-0.1, -0.05) is 35.9 Å². The van der Waals surface area contributed by atoms with Crippen LogP contribution >= 0.6 is 11.6 Å². The molecule has 1 aliphatic carbocycles. The molecule has 0 spiro atoms. The van der Waals surface area contributed by atoms with E-state index < -0.39 is 42.7 Å². The molecule has 3 fully saturated rings. The van der Waals surface area contributed by atoms with Gasteiger partial charge in [0.25, 0.3) is 0 Å². The van der Waals surface area contributed by atoms with Gasteiger partial charge in [-0.25, -0.2) is 4.39 Å². The van der Waals surface area contributed by atoms with Crippen molar-refractivity contribution in [2.45, 2.75) is 93.9 Å². The van der Waals surface area contributed by atoms with Crippen molar-refractivity contribution in [3.8, 4) is 11.8 Å². The normalized spacial score (nSPS) is 33.0. The summed E-state index contributed by atoms with van der Waals surface area (Å²) < 4.78 is 25.6. The first kappa shape index (κ1) is 30.7. The van der Waals surface area contributed by atoms with Gasteiger partial charge < -0.3 is 35.0 Å². The monoisotopic (exact) mass is 601 g/mol. The molecule has 2 aromatic rings. The number of ether oxygens (including phenoxy) is 2. The van der Waals surface area contributed by atoms with Crippen LogP contribution in [0.4, 0.5) is 4.39 Å². The molecule has 3 aliphatic rings. The predicted octanol–water partition coefficient (Wildman–Crippen LogP) is 2.83. The fraction of sp³-hybridized carbons (Fsp3) is 0.548. The van der Waals surface area contributed by atoms with Gasteiger partial charge in [0.2, 0.25) is 5.91 Å². The molecule has 0 unspecified atom stereocenters. The van der Waals surface area contributed by atoms with Crippen LogP contribution in [-0.2, 0) is 16.0 Å². The number of amides is 1. The Hall–Kier alpha value is -2.78. The minimum Gasteiger partial charge on any atom is -0.490 e. The maximum atomic E-state index is 13.6. The van der Waals surface area contributed by atoms with E-state index in [1.54, 1.807) is 19.1 Å². The lowest BCUT2D eigenvalue weighted by Gasteiger charge is -2.39. The van der Waals surface area contributed by atoms with Crippen molar-refractivity contribution >= 4 is 17.5 Å². The van der Waals surface area contributed by atoms with Gasteiger partial charge in [0.15, 0.2) is 0 Å². The fourth-order valence-corrected chi connectivity index (χ4v) is 6.26. The molecule has 2 saturated heterocycles. The molecule has 42 heavy (non-hydrogen) atoms. The third-order valence-electron chi connectivity index (χ3n) is 8.52. The van der Waals surface area contributed by atoms with Crippen LogP contribution in [0.2, 0.25) is 5.02 Å². The highest BCUT2D eigenvalue weighted by molar-refractivity contribution is 6.31. The second-order valence-electron chi connectivity index (χ2n) is 11.6. The summed E-state index contributed by atoms with van der Waals surface area (Å²) >= 11 is 6.49. The quantitative estimate of drug-likeness (QED) is 0.363. The maximum absolute atomic E-state index is 13.6. The third kappa shape index (κ3) is 6.88. The van der Waals surface area contributed by atoms with Crippen LogP contribution in [-0.4, -0.2) is 88.0 Å². The summed E-state index contributed by atoms with van der Waals surface area (Å²) in [5.41, 5.74) is 2.51. The van der Waals surface area contributed by atoms with Gasteiger partial charge in [-0.15, -0.1) is 0 Å². The van der Waals surface area contributed by atoms with Crippen LogP contribution in [0.25, 0.3) is 0 Å². The SMILES string of the molecule is C[C@H]1O[C@@H](c2ccc(Cl)c(Cc3ccc(O[C@H]4CC[C@H](NCC(=O)N5C[C@@H](F)C[C@H]5C#N)C4)cc3)c2)[C@H](O)[C@@H](O)[C@@H]1O. The summed E-state index contributed by atoms with van der Waals surface area (Å²) in [4.78, 5) is 13.8. The first-order valence-corrected chi connectivity index (χ1v) is 14.8. The molecule has 0 bridgehead atoms. The first-order chi connectivity index (χ1) is 20.1. The molecule has 0 aromatic heterocycles. The summed E-state index contributed by atoms with van der Waals surface area (Å²) in [5, 5.41) is 43.7. The minimum absolute atomic E-state index is 0.00151. The largest absolute Gasteiger partial charge is 0.490 e. The second kappa shape index (κ2) is 13.2. The molecule has 4 N–H and O–H groups in total. The Balaban J connectivity index is 1.12. The first-order valence-electron chi connectivity index (χ1n) is 14.4. The zero-order valence-electron chi connectivity index (χ0n) is 23.4. The van der Waals surface area contributed by atoms with Crippen LogP contribution in [0.3, 0.4) is 0 Å². The molecule has 226 valence electrons. The molecule has 2 aromatic carbocycles. The number of aliphatic hydroxyl groups excluding tert-OH is 3. The lowest BCUT2D eigenvalue weighted by Crippen LogP contribution is -2.53. The number of hydrogen-bond acceptors (Lipinski definition) is 8. The van der Waals surface area contributed by atoms with Crippen LogP contribution in [0.1, 0.15) is 55.4 Å². The summed E-state index contributed by atoms with van der Waals surface area (Å²) in [6.45, 7) is 1.71. The number of halogens is 2. The van der Waals surface area contributed by atoms with E-state index in [0.717, 1.165) is 36.1 Å². The standard InChI is InChI=1S/C31H37ClFN3O6/c1-17-28(38)29(39)30(40)31(41-17)19-4-9-26(32)20(11-19)10-18-2-6-24(7-3-18)42-25-8-5-22(13-25)35-15-27(37)36-16-21(33)12-23(36)14-34/h2-4,6-7,9,11,17,21-23,25,28-31,35,38-40H,5,8,10,12-13,15-16H2,1H3/t17-,21+,22+,23+,25+,28-,29+,30-,31+/m1/s1. The number of hydrogen-bond donors (Lipinski definition) is 4. The summed E-state index contributed by atoms with van der Waals surface area (Å²) in [7, 11) is 0. The summed E-state index contributed by atoms with van der Waals surface area (Å²) in [6.07, 6.45) is -3.25. The Labute approximate surface area is 249 Å². The van der Waals surface area contributed by atoms with Crippen molar-refractivity contribution in [3.05, 3.63) is 64.2 Å². The summed E-state index contributed by atoms with van der Waals surface area (Å²) in [5.74, 6) is 0.490. The minimum atomic E-state index is -1.31. The van der Waals surface area contributed by atoms with Crippen molar-refractivity contribution in [1.82, 2.24) is 10.2 Å². The average Bonchev–Trinajstić information content (AvgIpc) is 3.60. The van der Waals surface area contributed by atoms with E-state index in [4.69, 9.17) is 21.1 Å². The van der Waals surface area contributed by atoms with Gasteiger partial charge in [-0.2, -0.15) is 5.26 Å². The Bertz CT molecular complexity index is 1290. The van der Waals surface area contributed by atoms with E-state index in [0.29, 0.717) is 17.0 Å². The number of carbonyl (C=O) groups excluding carboxylic acids is 1. The average molecular weight is 602 g/mol. The van der Waals surface area contributed by atoms with Crippen molar-refractivity contribution in [1.29, 1.82) is 5.26 Å². The Morgan fingerprint density at radius 1 is 1.14 bits per heavy atom. The molecular weight excluding hydrogens is 565 g/mol. The highest BCUT2D eigenvalue weighted by Crippen LogP contribution is 2.34. The van der Waals surface area contributed by atoms with E-state index >= 15 is 0 Å². The number of nitrogens with zero attached hydrogens (tertiary/aromatic N) is 2. The number of nitrogens with one attached hydrogen (secondary N) is 1. The molecule has 1 amide bonds. The van der Waals surface area contributed by atoms with Crippen molar-refractivity contribution in [2.75, 3.05) is 13.1 Å². The lowest BCUT2D eigenvalue weighted by atomic mass is 9.90. The molecular formula is C31H37ClFN3O6. The highest BCUT2D eigenvalue weighted by Gasteiger charge is 2.42. The number of likely N-dealkylation sites (tertiary alicyclic amines) is 1. The number of rotatable bonds is 8. The smallest absolute Gasteiger partial charge is 0.237 e. The van der Waals surface area contributed by atoms with Crippen molar-refractivity contribution in [3.63, 3.8) is 0 Å². The van der Waals surface area contributed by atoms with E-state index in [1.165, 1.54) is 4.90 Å². The molecule has 2 heterocycles. The molecule has 9 nitrogen and oxygen atoms in total. The van der Waals surface area contributed by atoms with Gasteiger partial charge in [0.05, 0.1) is 25.3 Å². The van der Waals surface area contributed by atoms with Crippen LogP contribution in [0, 0.1) is 11.3 Å². The number of nitriles is 1. The van der Waals surface area contributed by atoms with Crippen LogP contribution in [0.15, 0.2) is 42.5 Å². The maximum Gasteiger partial charge on any atom is 0.237 e. The molecule has 9 atom stereocenters. The molecule has 0 radical (unpaired) electrons. The van der Waals surface area contributed by atoms with Gasteiger partial charge in [-0.05, 0) is 67.5 Å². The molecule has 11 heteroatoms. The molecule has 5 rings (SSSR count). The topological polar surface area (TPSA) is 135 Å². The predicted molar refractivity (Wildman–Crippen MR) is 153 cm³/mol. The fourth-order valence-electron chi connectivity index (χ4n) is 6.08. The highest BCUT2D eigenvalue weighted by atomic mass is 35.5. The lowest BCUT2D eigenvalue weighted by molar-refractivity contribution is -0.219. The van der Waals surface area contributed by atoms with Gasteiger partial charge in [-0.3, -0.25) is 4.79 Å². The van der Waals surface area contributed by atoms with E-state index in [1.807, 2.05) is 36.4 Å². The number of benzene rings is 2. The molecule has 1 saturated carbocycles. The Morgan fingerprint density at radius 2 is 1.90 bits per heavy atom. The van der Waals surface area contributed by atoms with Gasteiger partial charge in [0, 0.05) is 17.5 Å². The number of alkyl halides is 1. The van der Waals surface area contributed by atoms with Gasteiger partial charge in [0.1, 0.15) is 48.5 Å². The van der Waals surface area contributed by atoms with E-state index in [2.05, 4.69) is 5.32 Å². The Morgan fingerprint density at radius 3 is 2.64 bits per heavy atom. The number of carbonyl (C=O) groups is 1. The molecule has 2 aliphatic heterocycles. The van der Waals surface area contributed by atoms with Crippen molar-refractivity contribution in [2.24, 2.45) is 0 Å². The third-order valence-corrected chi connectivity index (χ3v) is 8.89. The van der Waals surface area contributed by atoms with Crippen LogP contribution < -0.4 is 10.1 Å². The van der Waals surface area contributed by atoms with E-state index in [9.17, 15) is 29.8 Å². The zero-order valence-corrected chi connectivity index (χ0v) is 24.2. The number of aliphatic hydroxyl groups is 3. The van der Waals surface area contributed by atoms with E-state index in [-0.39, 0.29) is 37.6 Å².